The van der Waals surface area contributed by atoms with E-state index in [0.29, 0.717) is 22.0 Å². The first-order chi connectivity index (χ1) is 14.9. The fraction of sp³-hybridized carbons (Fsp3) is 0.130. The molecular weight excluding hydrogens is 425 g/mol. The Morgan fingerprint density at radius 1 is 1.00 bits per heavy atom. The lowest BCUT2D eigenvalue weighted by Gasteiger charge is -2.13. The summed E-state index contributed by atoms with van der Waals surface area (Å²) < 4.78 is 44.4. The Morgan fingerprint density at radius 3 is 2.48 bits per heavy atom. The third kappa shape index (κ3) is 4.44. The summed E-state index contributed by atoms with van der Waals surface area (Å²) in [5.41, 5.74) is 0.681. The topological polar surface area (TPSA) is 55.0 Å². The molecule has 0 atom stereocenters. The Morgan fingerprint density at radius 2 is 1.77 bits per heavy atom. The minimum absolute atomic E-state index is 0.0261. The maximum Gasteiger partial charge on any atom is 0.416 e. The number of aromatic nitrogens is 2. The number of aromatic amines is 1. The second-order valence-electron chi connectivity index (χ2n) is 6.80. The van der Waals surface area contributed by atoms with Gasteiger partial charge in [0.05, 0.1) is 18.1 Å². The Labute approximate surface area is 180 Å². The molecule has 0 fully saturated rings. The molecule has 8 heteroatoms. The van der Waals surface area contributed by atoms with Crippen LogP contribution >= 0.6 is 11.8 Å². The zero-order valence-corrected chi connectivity index (χ0v) is 17.2. The summed E-state index contributed by atoms with van der Waals surface area (Å²) in [4.78, 5) is 13.3. The van der Waals surface area contributed by atoms with E-state index in [9.17, 15) is 18.0 Å². The number of methoxy groups -OCH3 is 1. The standard InChI is InChI=1S/C23H17F3N2O2S/c1-30-20-11-15(23(24,25)26)7-9-18(20)21-17-10-8-16(12-19(17)22(29)28-27-21)31-13-14-5-3-2-4-6-14/h2-12H,13H2,1H3,(H,28,29). The van der Waals surface area contributed by atoms with Gasteiger partial charge in [0.1, 0.15) is 11.4 Å². The molecule has 1 N–H and O–H groups in total. The molecule has 4 nitrogen and oxygen atoms in total. The van der Waals surface area contributed by atoms with Crippen molar-refractivity contribution in [3.05, 3.63) is 88.2 Å². The van der Waals surface area contributed by atoms with Crippen molar-refractivity contribution in [3.8, 4) is 17.0 Å². The number of benzene rings is 3. The van der Waals surface area contributed by atoms with Crippen molar-refractivity contribution in [1.82, 2.24) is 10.2 Å². The van der Waals surface area contributed by atoms with E-state index >= 15 is 0 Å². The number of hydrogen-bond acceptors (Lipinski definition) is 4. The van der Waals surface area contributed by atoms with Gasteiger partial charge in [-0.05, 0) is 35.9 Å². The highest BCUT2D eigenvalue weighted by Crippen LogP contribution is 2.38. The highest BCUT2D eigenvalue weighted by molar-refractivity contribution is 7.98. The van der Waals surface area contributed by atoms with Gasteiger partial charge in [-0.3, -0.25) is 4.79 Å². The van der Waals surface area contributed by atoms with Crippen LogP contribution in [-0.2, 0) is 11.9 Å². The van der Waals surface area contributed by atoms with Gasteiger partial charge >= 0.3 is 6.18 Å². The van der Waals surface area contributed by atoms with Gasteiger partial charge in [0.2, 0.25) is 0 Å². The van der Waals surface area contributed by atoms with Crippen LogP contribution in [0.15, 0.2) is 76.4 Å². The first-order valence-electron chi connectivity index (χ1n) is 9.31. The zero-order chi connectivity index (χ0) is 22.0. The van der Waals surface area contributed by atoms with Crippen molar-refractivity contribution < 1.29 is 17.9 Å². The molecule has 4 rings (SSSR count). The van der Waals surface area contributed by atoms with E-state index in [4.69, 9.17) is 4.74 Å². The number of nitrogens with zero attached hydrogens (tertiary/aromatic N) is 1. The summed E-state index contributed by atoms with van der Waals surface area (Å²) in [6, 6.07) is 18.6. The van der Waals surface area contributed by atoms with Crippen LogP contribution < -0.4 is 10.3 Å². The van der Waals surface area contributed by atoms with Crippen molar-refractivity contribution in [2.45, 2.75) is 16.8 Å². The van der Waals surface area contributed by atoms with E-state index < -0.39 is 11.7 Å². The molecule has 0 bridgehead atoms. The molecular formula is C23H17F3N2O2S. The van der Waals surface area contributed by atoms with Crippen molar-refractivity contribution in [2.24, 2.45) is 0 Å². The van der Waals surface area contributed by atoms with Crippen LogP contribution in [0.2, 0.25) is 0 Å². The van der Waals surface area contributed by atoms with Gasteiger partial charge in [0.15, 0.2) is 0 Å². The molecule has 0 unspecified atom stereocenters. The number of fused-ring (bicyclic) bond motifs is 1. The number of alkyl halides is 3. The van der Waals surface area contributed by atoms with Crippen LogP contribution in [0.5, 0.6) is 5.75 Å². The molecule has 0 saturated carbocycles. The van der Waals surface area contributed by atoms with E-state index in [2.05, 4.69) is 10.2 Å². The van der Waals surface area contributed by atoms with Crippen LogP contribution in [0.1, 0.15) is 11.1 Å². The molecule has 31 heavy (non-hydrogen) atoms. The van der Waals surface area contributed by atoms with Gasteiger partial charge in [-0.1, -0.05) is 36.4 Å². The molecule has 0 saturated heterocycles. The molecule has 4 aromatic rings. The summed E-state index contributed by atoms with van der Waals surface area (Å²) in [7, 11) is 1.30. The highest BCUT2D eigenvalue weighted by Gasteiger charge is 2.31. The quantitative estimate of drug-likeness (QED) is 0.391. The number of rotatable bonds is 5. The van der Waals surface area contributed by atoms with Crippen LogP contribution in [0.25, 0.3) is 22.0 Å². The Hall–Kier alpha value is -3.26. The van der Waals surface area contributed by atoms with E-state index in [1.54, 1.807) is 23.9 Å². The fourth-order valence-electron chi connectivity index (χ4n) is 3.24. The normalized spacial score (nSPS) is 11.6. The number of H-pyrrole nitrogens is 1. The van der Waals surface area contributed by atoms with Gasteiger partial charge in [-0.15, -0.1) is 11.8 Å². The van der Waals surface area contributed by atoms with Gasteiger partial charge in [-0.25, -0.2) is 5.10 Å². The molecule has 1 aromatic heterocycles. The number of halogens is 3. The van der Waals surface area contributed by atoms with Crippen molar-refractivity contribution in [3.63, 3.8) is 0 Å². The van der Waals surface area contributed by atoms with Crippen molar-refractivity contribution in [2.75, 3.05) is 7.11 Å². The van der Waals surface area contributed by atoms with Gasteiger partial charge in [0.25, 0.3) is 5.56 Å². The largest absolute Gasteiger partial charge is 0.496 e. The molecule has 0 aliphatic carbocycles. The third-order valence-electron chi connectivity index (χ3n) is 4.79. The predicted molar refractivity (Wildman–Crippen MR) is 115 cm³/mol. The van der Waals surface area contributed by atoms with Crippen molar-refractivity contribution in [1.29, 1.82) is 0 Å². The highest BCUT2D eigenvalue weighted by atomic mass is 32.2. The smallest absolute Gasteiger partial charge is 0.416 e. The van der Waals surface area contributed by atoms with E-state index in [-0.39, 0.29) is 11.3 Å². The van der Waals surface area contributed by atoms with Crippen LogP contribution in [0, 0.1) is 0 Å². The van der Waals surface area contributed by atoms with Crippen LogP contribution in [0.4, 0.5) is 13.2 Å². The number of thioether (sulfide) groups is 1. The monoisotopic (exact) mass is 442 g/mol. The number of hydrogen-bond donors (Lipinski definition) is 1. The zero-order valence-electron chi connectivity index (χ0n) is 16.4. The molecule has 0 aliphatic rings. The molecule has 0 spiro atoms. The predicted octanol–water partition coefficient (Wildman–Crippen LogP) is 5.91. The lowest BCUT2D eigenvalue weighted by molar-refractivity contribution is -0.137. The second kappa shape index (κ2) is 8.47. The average Bonchev–Trinajstić information content (AvgIpc) is 2.78. The minimum atomic E-state index is -4.49. The first-order valence-corrected chi connectivity index (χ1v) is 10.3. The number of nitrogens with one attached hydrogen (secondary N) is 1. The van der Waals surface area contributed by atoms with E-state index in [1.807, 2.05) is 36.4 Å². The summed E-state index contributed by atoms with van der Waals surface area (Å²) in [6.07, 6.45) is -4.49. The lowest BCUT2D eigenvalue weighted by Crippen LogP contribution is -2.10. The van der Waals surface area contributed by atoms with E-state index in [1.165, 1.54) is 13.2 Å². The van der Waals surface area contributed by atoms with Gasteiger partial charge in [0, 0.05) is 21.6 Å². The Kier molecular flexibility index (Phi) is 5.73. The van der Waals surface area contributed by atoms with E-state index in [0.717, 1.165) is 28.3 Å². The molecule has 0 amide bonds. The summed E-state index contributed by atoms with van der Waals surface area (Å²) >= 11 is 1.59. The van der Waals surface area contributed by atoms with Gasteiger partial charge in [-0.2, -0.15) is 18.3 Å². The third-order valence-corrected chi connectivity index (χ3v) is 5.86. The van der Waals surface area contributed by atoms with Crippen molar-refractivity contribution >= 4 is 22.5 Å². The molecule has 0 radical (unpaired) electrons. The molecule has 1 heterocycles. The molecule has 3 aromatic carbocycles. The van der Waals surface area contributed by atoms with Crippen LogP contribution in [-0.4, -0.2) is 17.3 Å². The maximum absolute atomic E-state index is 13.1. The summed E-state index contributed by atoms with van der Waals surface area (Å²) in [6.45, 7) is 0. The van der Waals surface area contributed by atoms with Crippen LogP contribution in [0.3, 0.4) is 0 Å². The average molecular weight is 442 g/mol. The Bertz CT molecular complexity index is 1290. The summed E-state index contributed by atoms with van der Waals surface area (Å²) in [5, 5.41) is 7.48. The maximum atomic E-state index is 13.1. The first kappa shape index (κ1) is 21.0. The van der Waals surface area contributed by atoms with Gasteiger partial charge < -0.3 is 4.74 Å². The molecule has 158 valence electrons. The number of ether oxygens (including phenoxy) is 1. The Balaban J connectivity index is 1.75. The minimum Gasteiger partial charge on any atom is -0.496 e. The molecule has 0 aliphatic heterocycles. The fourth-order valence-corrected chi connectivity index (χ4v) is 4.14. The summed E-state index contributed by atoms with van der Waals surface area (Å²) in [5.74, 6) is 0.771. The second-order valence-corrected chi connectivity index (χ2v) is 7.84. The lowest BCUT2D eigenvalue weighted by atomic mass is 10.0. The SMILES string of the molecule is COc1cc(C(F)(F)F)ccc1-c1n[nH]c(=O)c2cc(SCc3ccccc3)ccc12.